The monoisotopic (exact) mass is 375 g/mol. The maximum absolute atomic E-state index is 11.3. The number of carboxylic acid groups (broad SMARTS) is 1. The molecule has 0 aliphatic carbocycles. The highest BCUT2D eigenvalue weighted by atomic mass is 16.4. The van der Waals surface area contributed by atoms with Crippen LogP contribution in [0.25, 0.3) is 0 Å². The van der Waals surface area contributed by atoms with Crippen LogP contribution in [0.4, 0.5) is 0 Å². The number of aliphatic carboxylic acids is 1. The van der Waals surface area contributed by atoms with E-state index in [1.807, 2.05) is 91.0 Å². The molecule has 0 radical (unpaired) electrons. The van der Waals surface area contributed by atoms with Crippen molar-refractivity contribution < 1.29 is 15.0 Å². The van der Waals surface area contributed by atoms with E-state index in [4.69, 9.17) is 0 Å². The molecule has 28 heavy (non-hydrogen) atoms. The third kappa shape index (κ3) is 5.52. The van der Waals surface area contributed by atoms with Gasteiger partial charge in [0.05, 0.1) is 18.6 Å². The maximum Gasteiger partial charge on any atom is 0.306 e. The lowest BCUT2D eigenvalue weighted by molar-refractivity contribution is -0.140. The molecule has 2 atom stereocenters. The van der Waals surface area contributed by atoms with E-state index in [2.05, 4.69) is 4.90 Å². The molecule has 144 valence electrons. The normalized spacial score (nSPS) is 13.2. The predicted molar refractivity (Wildman–Crippen MR) is 110 cm³/mol. The number of benzene rings is 3. The molecular weight excluding hydrogens is 350 g/mol. The van der Waals surface area contributed by atoms with Crippen molar-refractivity contribution in [2.45, 2.75) is 31.7 Å². The van der Waals surface area contributed by atoms with Gasteiger partial charge in [-0.1, -0.05) is 91.0 Å². The van der Waals surface area contributed by atoms with E-state index in [1.54, 1.807) is 0 Å². The van der Waals surface area contributed by atoms with Gasteiger partial charge in [-0.25, -0.2) is 0 Å². The first kappa shape index (κ1) is 19.8. The third-order valence-corrected chi connectivity index (χ3v) is 4.74. The molecule has 3 aromatic rings. The van der Waals surface area contributed by atoms with Gasteiger partial charge in [0.1, 0.15) is 0 Å². The van der Waals surface area contributed by atoms with Crippen LogP contribution >= 0.6 is 0 Å². The van der Waals surface area contributed by atoms with Crippen molar-refractivity contribution in [1.82, 2.24) is 4.90 Å². The van der Waals surface area contributed by atoms with Gasteiger partial charge in [-0.3, -0.25) is 9.69 Å². The summed E-state index contributed by atoms with van der Waals surface area (Å²) in [7, 11) is 0. The molecule has 2 N–H and O–H groups in total. The van der Waals surface area contributed by atoms with Crippen molar-refractivity contribution >= 4 is 5.97 Å². The van der Waals surface area contributed by atoms with Crippen LogP contribution < -0.4 is 0 Å². The molecule has 0 bridgehead atoms. The number of hydrogen-bond acceptors (Lipinski definition) is 3. The Morgan fingerprint density at radius 3 is 1.61 bits per heavy atom. The van der Waals surface area contributed by atoms with E-state index >= 15 is 0 Å². The highest BCUT2D eigenvalue weighted by Crippen LogP contribution is 2.29. The minimum absolute atomic E-state index is 0.306. The van der Waals surface area contributed by atoms with Gasteiger partial charge in [0.25, 0.3) is 0 Å². The molecule has 4 nitrogen and oxygen atoms in total. The molecule has 0 heterocycles. The first-order chi connectivity index (χ1) is 13.6. The SMILES string of the molecule is O=C(O)C[C@@H](O)[C@H](c1ccccc1)N(Cc1ccccc1)Cc1ccccc1. The van der Waals surface area contributed by atoms with Gasteiger partial charge < -0.3 is 10.2 Å². The van der Waals surface area contributed by atoms with Crippen LogP contribution in [0, 0.1) is 0 Å². The van der Waals surface area contributed by atoms with Gasteiger partial charge in [-0.15, -0.1) is 0 Å². The number of rotatable bonds is 9. The van der Waals surface area contributed by atoms with Gasteiger partial charge in [0.15, 0.2) is 0 Å². The third-order valence-electron chi connectivity index (χ3n) is 4.74. The fourth-order valence-corrected chi connectivity index (χ4v) is 3.51. The summed E-state index contributed by atoms with van der Waals surface area (Å²) in [5, 5.41) is 20.1. The Kier molecular flexibility index (Phi) is 6.95. The van der Waals surface area contributed by atoms with E-state index in [0.717, 1.165) is 16.7 Å². The Morgan fingerprint density at radius 2 is 1.18 bits per heavy atom. The lowest BCUT2D eigenvalue weighted by atomic mass is 9.96. The molecule has 4 heteroatoms. The minimum Gasteiger partial charge on any atom is -0.481 e. The van der Waals surface area contributed by atoms with Crippen LogP contribution in [0.1, 0.15) is 29.2 Å². The molecule has 0 amide bonds. The zero-order chi connectivity index (χ0) is 19.8. The number of nitrogens with zero attached hydrogens (tertiary/aromatic N) is 1. The zero-order valence-corrected chi connectivity index (χ0v) is 15.7. The van der Waals surface area contributed by atoms with Gasteiger partial charge in [-0.2, -0.15) is 0 Å². The van der Waals surface area contributed by atoms with Crippen LogP contribution in [0.2, 0.25) is 0 Å². The summed E-state index contributed by atoms with van der Waals surface area (Å²) in [6.07, 6.45) is -1.33. The zero-order valence-electron chi connectivity index (χ0n) is 15.7. The van der Waals surface area contributed by atoms with Crippen molar-refractivity contribution in [1.29, 1.82) is 0 Å². The number of aliphatic hydroxyl groups is 1. The van der Waals surface area contributed by atoms with E-state index < -0.39 is 18.1 Å². The van der Waals surface area contributed by atoms with Crippen molar-refractivity contribution in [3.63, 3.8) is 0 Å². The van der Waals surface area contributed by atoms with Crippen molar-refractivity contribution in [3.8, 4) is 0 Å². The summed E-state index contributed by atoms with van der Waals surface area (Å²) in [6.45, 7) is 1.21. The van der Waals surface area contributed by atoms with E-state index in [0.29, 0.717) is 13.1 Å². The van der Waals surface area contributed by atoms with Crippen LogP contribution in [-0.4, -0.2) is 27.2 Å². The average molecular weight is 375 g/mol. The second-order valence-electron chi connectivity index (χ2n) is 6.90. The van der Waals surface area contributed by atoms with Crippen LogP contribution in [0.3, 0.4) is 0 Å². The number of aliphatic hydroxyl groups excluding tert-OH is 1. The number of hydrogen-bond donors (Lipinski definition) is 2. The largest absolute Gasteiger partial charge is 0.481 e. The standard InChI is InChI=1S/C24H25NO3/c26-22(16-23(27)28)24(21-14-8-3-9-15-21)25(17-19-10-4-1-5-11-19)18-20-12-6-2-7-13-20/h1-15,22,24,26H,16-18H2,(H,27,28)/t22-,24+/m1/s1. The molecule has 0 aliphatic rings. The lowest BCUT2D eigenvalue weighted by Gasteiger charge is -2.35. The topological polar surface area (TPSA) is 60.8 Å². The highest BCUT2D eigenvalue weighted by molar-refractivity contribution is 5.67. The first-order valence-corrected chi connectivity index (χ1v) is 9.40. The van der Waals surface area contributed by atoms with E-state index in [1.165, 1.54) is 0 Å². The number of carboxylic acids is 1. The molecule has 0 saturated carbocycles. The molecule has 3 rings (SSSR count). The Bertz CT molecular complexity index is 811. The fraction of sp³-hybridized carbons (Fsp3) is 0.208. The summed E-state index contributed by atoms with van der Waals surface area (Å²) in [5.74, 6) is -1.01. The van der Waals surface area contributed by atoms with Crippen molar-refractivity contribution in [2.75, 3.05) is 0 Å². The number of carbonyl (C=O) groups is 1. The highest BCUT2D eigenvalue weighted by Gasteiger charge is 2.29. The van der Waals surface area contributed by atoms with Gasteiger partial charge in [0, 0.05) is 13.1 Å². The average Bonchev–Trinajstić information content (AvgIpc) is 2.70. The van der Waals surface area contributed by atoms with Gasteiger partial charge >= 0.3 is 5.97 Å². The summed E-state index contributed by atoms with van der Waals surface area (Å²) in [4.78, 5) is 13.5. The second kappa shape index (κ2) is 9.83. The Balaban J connectivity index is 1.97. The summed E-state index contributed by atoms with van der Waals surface area (Å²) in [6, 6.07) is 29.3. The summed E-state index contributed by atoms with van der Waals surface area (Å²) in [5.41, 5.74) is 3.13. The van der Waals surface area contributed by atoms with Crippen LogP contribution in [0.15, 0.2) is 91.0 Å². The Labute approximate surface area is 165 Å². The summed E-state index contributed by atoms with van der Waals surface area (Å²) < 4.78 is 0. The smallest absolute Gasteiger partial charge is 0.306 e. The molecule has 0 spiro atoms. The Hall–Kier alpha value is -2.95. The molecule has 0 saturated heterocycles. The predicted octanol–water partition coefficient (Wildman–Crippen LogP) is 4.27. The van der Waals surface area contributed by atoms with Gasteiger partial charge in [0.2, 0.25) is 0 Å². The Morgan fingerprint density at radius 1 is 0.750 bits per heavy atom. The van der Waals surface area contributed by atoms with E-state index in [-0.39, 0.29) is 6.42 Å². The maximum atomic E-state index is 11.3. The molecule has 0 unspecified atom stereocenters. The second-order valence-corrected chi connectivity index (χ2v) is 6.90. The molecule has 0 aliphatic heterocycles. The van der Waals surface area contributed by atoms with Crippen molar-refractivity contribution in [3.05, 3.63) is 108 Å². The van der Waals surface area contributed by atoms with E-state index in [9.17, 15) is 15.0 Å². The van der Waals surface area contributed by atoms with Crippen LogP contribution in [-0.2, 0) is 17.9 Å². The molecular formula is C24H25NO3. The minimum atomic E-state index is -1.02. The first-order valence-electron chi connectivity index (χ1n) is 9.40. The lowest BCUT2D eigenvalue weighted by Crippen LogP contribution is -2.37. The fourth-order valence-electron chi connectivity index (χ4n) is 3.51. The van der Waals surface area contributed by atoms with Crippen molar-refractivity contribution in [2.24, 2.45) is 0 Å². The molecule has 3 aromatic carbocycles. The molecule has 0 aromatic heterocycles. The summed E-state index contributed by atoms with van der Waals surface area (Å²) >= 11 is 0. The van der Waals surface area contributed by atoms with Gasteiger partial charge in [-0.05, 0) is 16.7 Å². The molecule has 0 fully saturated rings. The quantitative estimate of drug-likeness (QED) is 0.586. The van der Waals surface area contributed by atoms with Crippen LogP contribution in [0.5, 0.6) is 0 Å².